The van der Waals surface area contributed by atoms with Crippen LogP contribution < -0.4 is 10.3 Å². The summed E-state index contributed by atoms with van der Waals surface area (Å²) in [6.07, 6.45) is 1.28. The van der Waals surface area contributed by atoms with Gasteiger partial charge in [0.2, 0.25) is 0 Å². The number of anilines is 1. The lowest BCUT2D eigenvalue weighted by Crippen LogP contribution is -2.41. The smallest absolute Gasteiger partial charge is 0.398 e. The molecule has 142 valence electrons. The molecule has 7 nitrogen and oxygen atoms in total. The van der Waals surface area contributed by atoms with Gasteiger partial charge in [-0.25, -0.2) is 12.8 Å². The molecule has 0 atom stereocenters. The SMILES string of the molecule is CC1(C)OB(c2cc(S(=O)(=O)Nc3ccc(C#N)cc3F)c[nH]2)OC1(C)C. The molecule has 1 aliphatic heterocycles. The molecular formula is C17H19BFN3O4S. The number of H-pyrrole nitrogens is 1. The number of rotatable bonds is 4. The number of sulfonamides is 1. The molecule has 0 radical (unpaired) electrons. The summed E-state index contributed by atoms with van der Waals surface area (Å²) in [5.41, 5.74) is -0.834. The fourth-order valence-corrected chi connectivity index (χ4v) is 3.59. The average molecular weight is 391 g/mol. The monoisotopic (exact) mass is 391 g/mol. The summed E-state index contributed by atoms with van der Waals surface area (Å²) < 4.78 is 53.0. The van der Waals surface area contributed by atoms with Gasteiger partial charge in [-0.2, -0.15) is 5.26 Å². The van der Waals surface area contributed by atoms with Crippen molar-refractivity contribution in [2.75, 3.05) is 4.72 Å². The molecule has 0 unspecified atom stereocenters. The zero-order valence-corrected chi connectivity index (χ0v) is 16.1. The Morgan fingerprint density at radius 2 is 1.81 bits per heavy atom. The highest BCUT2D eigenvalue weighted by Crippen LogP contribution is 2.36. The first-order chi connectivity index (χ1) is 12.4. The highest BCUT2D eigenvalue weighted by atomic mass is 32.2. The molecule has 2 aromatic rings. The van der Waals surface area contributed by atoms with E-state index in [2.05, 4.69) is 9.71 Å². The van der Waals surface area contributed by atoms with E-state index in [4.69, 9.17) is 14.6 Å². The molecule has 0 spiro atoms. The summed E-state index contributed by atoms with van der Waals surface area (Å²) >= 11 is 0. The van der Waals surface area contributed by atoms with Crippen molar-refractivity contribution < 1.29 is 22.1 Å². The molecule has 0 amide bonds. The van der Waals surface area contributed by atoms with Crippen molar-refractivity contribution in [3.63, 3.8) is 0 Å². The summed E-state index contributed by atoms with van der Waals surface area (Å²) in [6.45, 7) is 7.57. The van der Waals surface area contributed by atoms with Crippen LogP contribution in [0.1, 0.15) is 33.3 Å². The molecule has 1 saturated heterocycles. The summed E-state index contributed by atoms with van der Waals surface area (Å²) in [5, 5.41) is 8.76. The minimum atomic E-state index is -4.04. The van der Waals surface area contributed by atoms with Gasteiger partial charge in [0.1, 0.15) is 10.7 Å². The first kappa shape index (κ1) is 19.4. The van der Waals surface area contributed by atoms with Gasteiger partial charge in [-0.3, -0.25) is 4.72 Å². The van der Waals surface area contributed by atoms with Crippen molar-refractivity contribution in [3.8, 4) is 6.07 Å². The topological polar surface area (TPSA) is 104 Å². The maximum absolute atomic E-state index is 14.0. The van der Waals surface area contributed by atoms with Gasteiger partial charge >= 0.3 is 7.12 Å². The number of nitrogens with one attached hydrogen (secondary N) is 2. The van der Waals surface area contributed by atoms with Crippen LogP contribution in [0.2, 0.25) is 0 Å². The van der Waals surface area contributed by atoms with E-state index >= 15 is 0 Å². The highest BCUT2D eigenvalue weighted by Gasteiger charge is 2.52. The Labute approximate surface area is 157 Å². The lowest BCUT2D eigenvalue weighted by atomic mass is 9.85. The molecule has 3 rings (SSSR count). The van der Waals surface area contributed by atoms with Gasteiger partial charge in [0.15, 0.2) is 0 Å². The maximum atomic E-state index is 14.0. The van der Waals surface area contributed by atoms with Gasteiger partial charge in [-0.15, -0.1) is 0 Å². The molecule has 0 saturated carbocycles. The molecule has 1 aromatic heterocycles. The second-order valence-electron chi connectivity index (χ2n) is 7.29. The van der Waals surface area contributed by atoms with E-state index < -0.39 is 34.2 Å². The minimum absolute atomic E-state index is 0.0871. The molecule has 0 bridgehead atoms. The van der Waals surface area contributed by atoms with Crippen LogP contribution in [0.15, 0.2) is 35.4 Å². The standard InChI is InChI=1S/C17H19BFN3O4S/c1-16(2)17(3,4)26-18(25-16)15-8-12(10-21-15)27(23,24)22-14-6-5-11(9-20)7-13(14)19/h5-8,10,21-22H,1-4H3. The van der Waals surface area contributed by atoms with Gasteiger partial charge in [0, 0.05) is 11.8 Å². The maximum Gasteiger partial charge on any atom is 0.512 e. The number of nitriles is 1. The first-order valence-electron chi connectivity index (χ1n) is 8.22. The van der Waals surface area contributed by atoms with Gasteiger partial charge in [0.25, 0.3) is 10.0 Å². The molecule has 1 aliphatic rings. The average Bonchev–Trinajstić information content (AvgIpc) is 3.13. The molecule has 10 heteroatoms. The summed E-state index contributed by atoms with van der Waals surface area (Å²) in [5.74, 6) is -0.834. The van der Waals surface area contributed by atoms with Crippen molar-refractivity contribution in [3.05, 3.63) is 41.8 Å². The third kappa shape index (κ3) is 3.58. The zero-order chi connectivity index (χ0) is 20.0. The number of hydrogen-bond donors (Lipinski definition) is 2. The predicted octanol–water partition coefficient (Wildman–Crippen LogP) is 2.13. The van der Waals surface area contributed by atoms with Crippen LogP contribution >= 0.6 is 0 Å². The molecule has 27 heavy (non-hydrogen) atoms. The quantitative estimate of drug-likeness (QED) is 0.777. The van der Waals surface area contributed by atoms with E-state index in [0.717, 1.165) is 6.07 Å². The third-order valence-electron chi connectivity index (χ3n) is 4.84. The number of benzene rings is 1. The van der Waals surface area contributed by atoms with Crippen molar-refractivity contribution in [2.45, 2.75) is 43.8 Å². The fourth-order valence-electron chi connectivity index (χ4n) is 2.52. The van der Waals surface area contributed by atoms with Crippen LogP contribution in [0.25, 0.3) is 0 Å². The van der Waals surface area contributed by atoms with Crippen molar-refractivity contribution in [2.24, 2.45) is 0 Å². The molecule has 1 fully saturated rings. The summed E-state index contributed by atoms with van der Waals surface area (Å²) in [6, 6.07) is 6.66. The largest absolute Gasteiger partial charge is 0.512 e. The molecule has 2 N–H and O–H groups in total. The van der Waals surface area contributed by atoms with Crippen molar-refractivity contribution >= 4 is 28.4 Å². The van der Waals surface area contributed by atoms with Crippen LogP contribution in [-0.4, -0.2) is 31.7 Å². The minimum Gasteiger partial charge on any atom is -0.398 e. The second kappa shape index (κ2) is 6.37. The van der Waals surface area contributed by atoms with Crippen molar-refractivity contribution in [1.29, 1.82) is 5.26 Å². The van der Waals surface area contributed by atoms with Crippen LogP contribution in [0.3, 0.4) is 0 Å². The number of aromatic nitrogens is 1. The summed E-state index contributed by atoms with van der Waals surface area (Å²) in [4.78, 5) is 2.75. The van der Waals surface area contributed by atoms with Gasteiger partial charge < -0.3 is 14.3 Å². The number of aromatic amines is 1. The Bertz CT molecular complexity index is 1010. The zero-order valence-electron chi connectivity index (χ0n) is 15.3. The Hall–Kier alpha value is -2.35. The Morgan fingerprint density at radius 1 is 1.19 bits per heavy atom. The number of nitrogens with zero attached hydrogens (tertiary/aromatic N) is 1. The Kier molecular flexibility index (Phi) is 4.58. The highest BCUT2D eigenvalue weighted by molar-refractivity contribution is 7.92. The van der Waals surface area contributed by atoms with E-state index in [0.29, 0.717) is 5.59 Å². The van der Waals surface area contributed by atoms with Gasteiger partial charge in [-0.05, 0) is 52.0 Å². The first-order valence-corrected chi connectivity index (χ1v) is 9.70. The third-order valence-corrected chi connectivity index (χ3v) is 6.18. The number of hydrogen-bond acceptors (Lipinski definition) is 5. The number of halogens is 1. The van der Waals surface area contributed by atoms with Crippen LogP contribution in [0.4, 0.5) is 10.1 Å². The van der Waals surface area contributed by atoms with Gasteiger partial charge in [-0.1, -0.05) is 0 Å². The van der Waals surface area contributed by atoms with Crippen LogP contribution in [-0.2, 0) is 19.3 Å². The second-order valence-corrected chi connectivity index (χ2v) is 8.97. The van der Waals surface area contributed by atoms with Crippen LogP contribution in [0.5, 0.6) is 0 Å². The molecule has 2 heterocycles. The van der Waals surface area contributed by atoms with E-state index in [1.165, 1.54) is 24.4 Å². The van der Waals surface area contributed by atoms with E-state index in [9.17, 15) is 12.8 Å². The van der Waals surface area contributed by atoms with Crippen LogP contribution in [0, 0.1) is 17.1 Å². The Balaban J connectivity index is 1.83. The predicted molar refractivity (Wildman–Crippen MR) is 98.4 cm³/mol. The van der Waals surface area contributed by atoms with E-state index in [1.54, 1.807) is 6.07 Å². The summed E-state index contributed by atoms with van der Waals surface area (Å²) in [7, 11) is -4.78. The van der Waals surface area contributed by atoms with E-state index in [1.807, 2.05) is 27.7 Å². The molecule has 0 aliphatic carbocycles. The normalized spacial score (nSPS) is 18.3. The molecular weight excluding hydrogens is 372 g/mol. The Morgan fingerprint density at radius 3 is 2.37 bits per heavy atom. The van der Waals surface area contributed by atoms with Gasteiger partial charge in [0.05, 0.1) is 28.5 Å². The lowest BCUT2D eigenvalue weighted by molar-refractivity contribution is 0.00578. The lowest BCUT2D eigenvalue weighted by Gasteiger charge is -2.32. The van der Waals surface area contributed by atoms with Crippen molar-refractivity contribution in [1.82, 2.24) is 4.98 Å². The van der Waals surface area contributed by atoms with E-state index in [-0.39, 0.29) is 16.1 Å². The fraction of sp³-hybridized carbons (Fsp3) is 0.353. The molecule has 1 aromatic carbocycles.